The maximum absolute atomic E-state index is 14.0. The van der Waals surface area contributed by atoms with Crippen molar-refractivity contribution in [3.05, 3.63) is 29.8 Å². The Morgan fingerprint density at radius 2 is 1.16 bits per heavy atom. The fourth-order valence-corrected chi connectivity index (χ4v) is 11.7. The molecule has 1 aliphatic heterocycles. The van der Waals surface area contributed by atoms with E-state index in [0.29, 0.717) is 13.2 Å². The molecule has 0 spiro atoms. The molecule has 1 N–H and O–H groups in total. The third-order valence-corrected chi connectivity index (χ3v) is 33.9. The topological polar surface area (TPSA) is 118 Å². The number of rotatable bonds is 24. The third kappa shape index (κ3) is 15.3. The molecule has 1 saturated heterocycles. The smallest absolute Gasteiger partial charge is 0.248 e. The number of benzene rings is 1. The van der Waals surface area contributed by atoms with Crippen molar-refractivity contribution in [2.75, 3.05) is 41.1 Å². The average molecular weight is 973 g/mol. The van der Waals surface area contributed by atoms with Crippen LogP contribution in [0.1, 0.15) is 109 Å². The summed E-state index contributed by atoms with van der Waals surface area (Å²) in [5.41, 5.74) is 0.279. The molecule has 0 aliphatic carbocycles. The molecule has 374 valence electrons. The van der Waals surface area contributed by atoms with Crippen LogP contribution in [-0.4, -0.2) is 120 Å². The minimum absolute atomic E-state index is 0.00195. The van der Waals surface area contributed by atoms with Crippen molar-refractivity contribution < 1.29 is 46.7 Å². The predicted octanol–water partition coefficient (Wildman–Crippen LogP) is 11.8. The Hall–Kier alpha value is -0.962. The number of hydrogen-bond acceptors (Lipinski definition) is 10. The summed E-state index contributed by atoms with van der Waals surface area (Å²) in [6.45, 7) is 50.3. The largest absolute Gasteiger partial charge is 0.497 e. The second-order valence-corrected chi connectivity index (χ2v) is 44.1. The summed E-state index contributed by atoms with van der Waals surface area (Å²) in [7, 11) is -5.09. The Bertz CT molecular complexity index is 1610. The molecule has 1 fully saturated rings. The van der Waals surface area contributed by atoms with E-state index in [0.717, 1.165) is 11.3 Å². The van der Waals surface area contributed by atoms with Crippen molar-refractivity contribution >= 4 is 39.2 Å². The fraction of sp³-hybridized carbons (Fsp3) is 0.857. The van der Waals surface area contributed by atoms with Crippen molar-refractivity contribution in [2.45, 2.75) is 213 Å². The highest BCUT2D eigenvalue weighted by Gasteiger charge is 2.65. The first-order valence-electron chi connectivity index (χ1n) is 23.7. The number of nitrogens with zero attached hydrogens (tertiary/aromatic N) is 1. The van der Waals surface area contributed by atoms with Gasteiger partial charge in [0, 0.05) is 38.0 Å². The molecule has 1 aromatic rings. The number of hydrogen-bond donors (Lipinski definition) is 1. The van der Waals surface area contributed by atoms with Crippen LogP contribution in [0.3, 0.4) is 0 Å². The van der Waals surface area contributed by atoms with Gasteiger partial charge < -0.3 is 37.0 Å². The summed E-state index contributed by atoms with van der Waals surface area (Å²) in [4.78, 5) is 19.4. The van der Waals surface area contributed by atoms with Crippen LogP contribution in [-0.2, 0) is 43.4 Å². The molecule has 2 rings (SSSR count). The quantitative estimate of drug-likeness (QED) is 0.0609. The van der Waals surface area contributed by atoms with Gasteiger partial charge in [-0.2, -0.15) is 0 Å². The highest BCUT2D eigenvalue weighted by atomic mass is 28.4. The number of methoxy groups -OCH3 is 1. The molecule has 11 nitrogen and oxygen atoms in total. The normalized spacial score (nSPS) is 21.2. The molecule has 1 heterocycles. The summed E-state index contributed by atoms with van der Waals surface area (Å²) >= 11 is 0. The van der Waals surface area contributed by atoms with E-state index >= 15 is 0 Å². The SMILES string of the molecule is COc1ccc(COC[C@H](C)[C@H]2O[C@]2(C)[C@@H](O[Si](C)(C)C(C)(C)C)[C@@H](CO[Si](C)(C)C(C)(C)C)[C@@H](O)[C@@H](CO[Si](C)(C)C(C)(C)C)[C@H](CC(=O)N(C)OC)O[Si](C)(C)C(C)(C)C)cc1. The average Bonchev–Trinajstić information content (AvgIpc) is 3.84. The second-order valence-electron chi connectivity index (χ2n) is 25.0. The number of hydroxylamine groups is 2. The summed E-state index contributed by atoms with van der Waals surface area (Å²) in [6, 6.07) is 7.93. The van der Waals surface area contributed by atoms with E-state index in [4.69, 9.17) is 36.8 Å². The molecule has 8 atom stereocenters. The number of aliphatic hydroxyl groups excluding tert-OH is 1. The molecule has 0 unspecified atom stereocenters. The van der Waals surface area contributed by atoms with Crippen molar-refractivity contribution in [1.82, 2.24) is 5.06 Å². The lowest BCUT2D eigenvalue weighted by molar-refractivity contribution is -0.172. The van der Waals surface area contributed by atoms with Gasteiger partial charge >= 0.3 is 0 Å². The molecule has 0 radical (unpaired) electrons. The first-order valence-corrected chi connectivity index (χ1v) is 35.3. The van der Waals surface area contributed by atoms with Crippen LogP contribution in [0.25, 0.3) is 0 Å². The number of amides is 1. The Kier molecular flexibility index (Phi) is 20.1. The first-order chi connectivity index (χ1) is 28.7. The summed E-state index contributed by atoms with van der Waals surface area (Å²) in [5.74, 6) is -0.634. The van der Waals surface area contributed by atoms with Crippen LogP contribution in [0, 0.1) is 17.8 Å². The van der Waals surface area contributed by atoms with Gasteiger partial charge in [-0.25, -0.2) is 5.06 Å². The molecule has 0 aromatic heterocycles. The molecular weight excluding hydrogens is 875 g/mol. The molecule has 1 aliphatic rings. The van der Waals surface area contributed by atoms with E-state index in [2.05, 4.69) is 149 Å². The molecule has 1 amide bonds. The van der Waals surface area contributed by atoms with Crippen LogP contribution in [0.4, 0.5) is 0 Å². The van der Waals surface area contributed by atoms with E-state index in [9.17, 15) is 9.90 Å². The van der Waals surface area contributed by atoms with Crippen molar-refractivity contribution in [1.29, 1.82) is 0 Å². The minimum atomic E-state index is -2.55. The van der Waals surface area contributed by atoms with Gasteiger partial charge in [0.15, 0.2) is 33.3 Å². The third-order valence-electron chi connectivity index (χ3n) is 15.9. The molecule has 0 saturated carbocycles. The van der Waals surface area contributed by atoms with E-state index in [1.807, 2.05) is 24.3 Å². The maximum Gasteiger partial charge on any atom is 0.248 e. The highest BCUT2D eigenvalue weighted by molar-refractivity contribution is 6.75. The van der Waals surface area contributed by atoms with E-state index in [1.54, 1.807) is 14.2 Å². The van der Waals surface area contributed by atoms with E-state index < -0.39 is 69.0 Å². The Balaban J connectivity index is 2.91. The standard InChI is InChI=1S/C49H97NO10Si4/c1-35(31-55-32-36-26-28-37(53-16)29-27-36)43-49(14,58-43)44(60-64(24,25)48(11,12)13)39(34-57-62(20,21)46(5,6)7)42(52)38(33-56-61(18,19)45(2,3)4)40(30-41(51)50(15)54-17)59-63(22,23)47(8,9)10/h26-29,35,38-40,42-44,52H,30-34H2,1-25H3/t35-,38-,39-,40-,42-,43+,44-,49-/m0/s1. The van der Waals surface area contributed by atoms with E-state index in [1.165, 1.54) is 12.2 Å². The lowest BCUT2D eigenvalue weighted by Gasteiger charge is -2.48. The molecule has 0 bridgehead atoms. The number of aliphatic hydroxyl groups is 1. The molecule has 64 heavy (non-hydrogen) atoms. The van der Waals surface area contributed by atoms with Crippen LogP contribution in [0.2, 0.25) is 72.5 Å². The van der Waals surface area contributed by atoms with Gasteiger partial charge in [-0.05, 0) is 97.1 Å². The van der Waals surface area contributed by atoms with Crippen LogP contribution in [0.15, 0.2) is 24.3 Å². The van der Waals surface area contributed by atoms with E-state index in [-0.39, 0.29) is 57.7 Å². The number of carbonyl (C=O) groups excluding carboxylic acids is 1. The van der Waals surface area contributed by atoms with Gasteiger partial charge in [0.2, 0.25) is 5.91 Å². The number of epoxide rings is 1. The van der Waals surface area contributed by atoms with Crippen LogP contribution in [0.5, 0.6) is 5.75 Å². The van der Waals surface area contributed by atoms with Gasteiger partial charge in [-0.15, -0.1) is 0 Å². The van der Waals surface area contributed by atoms with Crippen molar-refractivity contribution in [3.63, 3.8) is 0 Å². The highest BCUT2D eigenvalue weighted by Crippen LogP contribution is 2.52. The van der Waals surface area contributed by atoms with Gasteiger partial charge in [-0.3, -0.25) is 9.63 Å². The zero-order valence-corrected chi connectivity index (χ0v) is 49.5. The lowest BCUT2D eigenvalue weighted by Crippen LogP contribution is -2.59. The fourth-order valence-electron chi connectivity index (χ4n) is 6.83. The van der Waals surface area contributed by atoms with Crippen LogP contribution < -0.4 is 4.74 Å². The Morgan fingerprint density at radius 3 is 1.58 bits per heavy atom. The predicted molar refractivity (Wildman–Crippen MR) is 273 cm³/mol. The molecular formula is C49H97NO10Si4. The van der Waals surface area contributed by atoms with Crippen molar-refractivity contribution in [2.24, 2.45) is 17.8 Å². The van der Waals surface area contributed by atoms with Gasteiger partial charge in [0.05, 0.1) is 58.3 Å². The summed E-state index contributed by atoms with van der Waals surface area (Å²) < 4.78 is 47.9. The lowest BCUT2D eigenvalue weighted by atomic mass is 9.78. The van der Waals surface area contributed by atoms with Gasteiger partial charge in [-0.1, -0.05) is 102 Å². The number of ether oxygens (including phenoxy) is 3. The zero-order valence-electron chi connectivity index (χ0n) is 45.5. The first kappa shape index (κ1) is 59.2. The maximum atomic E-state index is 14.0. The zero-order chi connectivity index (χ0) is 49.9. The van der Waals surface area contributed by atoms with Gasteiger partial charge in [0.25, 0.3) is 0 Å². The van der Waals surface area contributed by atoms with Crippen molar-refractivity contribution in [3.8, 4) is 5.75 Å². The molecule has 15 heteroatoms. The summed E-state index contributed by atoms with van der Waals surface area (Å²) in [5, 5.41) is 14.4. The molecule has 1 aromatic carbocycles. The minimum Gasteiger partial charge on any atom is -0.497 e. The number of carbonyl (C=O) groups is 1. The Labute approximate surface area is 396 Å². The van der Waals surface area contributed by atoms with Crippen LogP contribution >= 0.6 is 0 Å². The summed E-state index contributed by atoms with van der Waals surface area (Å²) in [6.07, 6.45) is -2.57. The Morgan fingerprint density at radius 1 is 0.719 bits per heavy atom. The monoisotopic (exact) mass is 972 g/mol. The second kappa shape index (κ2) is 21.8. The van der Waals surface area contributed by atoms with Gasteiger partial charge in [0.1, 0.15) is 11.4 Å².